The molecule has 0 bridgehead atoms. The lowest BCUT2D eigenvalue weighted by Gasteiger charge is -2.38. The van der Waals surface area contributed by atoms with Crippen molar-refractivity contribution in [1.29, 1.82) is 0 Å². The maximum atomic E-state index is 13.9. The lowest BCUT2D eigenvalue weighted by Crippen LogP contribution is -2.49. The molecule has 9 nitrogen and oxygen atoms in total. The third kappa shape index (κ3) is 8.20. The van der Waals surface area contributed by atoms with Gasteiger partial charge in [-0.2, -0.15) is 0 Å². The second kappa shape index (κ2) is 15.2. The Kier molecular flexibility index (Phi) is 10.4. The van der Waals surface area contributed by atoms with Crippen LogP contribution in [0.15, 0.2) is 115 Å². The number of aliphatic hydroxyl groups is 1. The van der Waals surface area contributed by atoms with E-state index in [1.165, 1.54) is 0 Å². The molecular formula is C40H42N4O5. The third-order valence-electron chi connectivity index (χ3n) is 8.81. The summed E-state index contributed by atoms with van der Waals surface area (Å²) in [5, 5.41) is 17.8. The molecule has 1 aliphatic rings. The standard InChI is InChI=1S/C40H42N4O5/c1-27-23-44(28(2)26-45)39(46)35-22-31(41-40(47)42-36-15-9-11-30-10-7-8-14-34(30)36)18-21-37(35)49-38(27)25-43(3)24-29-16-19-33(20-17-29)48-32-12-5-4-6-13-32/h4-22,27-28,38,45H,23-26H2,1-3H3,(H2,41,42,47)/t27-,28-,38+/m0/s1. The highest BCUT2D eigenvalue weighted by Crippen LogP contribution is 2.31. The zero-order valence-corrected chi connectivity index (χ0v) is 28.0. The van der Waals surface area contributed by atoms with Crippen LogP contribution in [0, 0.1) is 5.92 Å². The molecule has 5 aromatic rings. The first kappa shape index (κ1) is 33.5. The smallest absolute Gasteiger partial charge is 0.323 e. The van der Waals surface area contributed by atoms with Gasteiger partial charge in [-0.25, -0.2) is 4.79 Å². The largest absolute Gasteiger partial charge is 0.488 e. The molecule has 9 heteroatoms. The number of likely N-dealkylation sites (N-methyl/N-ethyl adjacent to an activating group) is 1. The molecular weight excluding hydrogens is 616 g/mol. The summed E-state index contributed by atoms with van der Waals surface area (Å²) in [6.45, 7) is 5.43. The van der Waals surface area contributed by atoms with Gasteiger partial charge in [0.15, 0.2) is 0 Å². The van der Waals surface area contributed by atoms with Crippen LogP contribution >= 0.6 is 0 Å². The summed E-state index contributed by atoms with van der Waals surface area (Å²) < 4.78 is 12.5. The van der Waals surface area contributed by atoms with Crippen LogP contribution in [0.5, 0.6) is 17.2 Å². The molecule has 1 aliphatic heterocycles. The third-order valence-corrected chi connectivity index (χ3v) is 8.81. The van der Waals surface area contributed by atoms with E-state index in [1.807, 2.05) is 98.9 Å². The van der Waals surface area contributed by atoms with Gasteiger partial charge in [-0.15, -0.1) is 0 Å². The maximum absolute atomic E-state index is 13.9. The molecule has 5 aromatic carbocycles. The molecule has 0 spiro atoms. The Balaban J connectivity index is 1.17. The van der Waals surface area contributed by atoms with E-state index in [-0.39, 0.29) is 24.5 Å². The Morgan fingerprint density at radius 3 is 2.43 bits per heavy atom. The number of ether oxygens (including phenoxy) is 2. The zero-order chi connectivity index (χ0) is 34.3. The molecule has 0 saturated carbocycles. The molecule has 0 aliphatic carbocycles. The number of carbonyl (C=O) groups is 2. The molecule has 3 atom stereocenters. The van der Waals surface area contributed by atoms with Gasteiger partial charge in [-0.05, 0) is 73.5 Å². The lowest BCUT2D eigenvalue weighted by molar-refractivity contribution is 0.0341. The minimum Gasteiger partial charge on any atom is -0.488 e. The highest BCUT2D eigenvalue weighted by Gasteiger charge is 2.33. The first-order chi connectivity index (χ1) is 23.8. The maximum Gasteiger partial charge on any atom is 0.323 e. The van der Waals surface area contributed by atoms with Gasteiger partial charge in [0.2, 0.25) is 0 Å². The average Bonchev–Trinajstić information content (AvgIpc) is 3.11. The fraction of sp³-hybridized carbons (Fsp3) is 0.250. The minimum atomic E-state index is -0.427. The number of urea groups is 1. The number of anilines is 2. The number of aliphatic hydroxyl groups excluding tert-OH is 1. The fourth-order valence-electron chi connectivity index (χ4n) is 6.11. The van der Waals surface area contributed by atoms with Gasteiger partial charge in [-0.1, -0.05) is 73.7 Å². The van der Waals surface area contributed by atoms with E-state index in [4.69, 9.17) is 9.47 Å². The fourth-order valence-corrected chi connectivity index (χ4v) is 6.11. The summed E-state index contributed by atoms with van der Waals surface area (Å²) >= 11 is 0. The second-order valence-electron chi connectivity index (χ2n) is 12.7. The van der Waals surface area contributed by atoms with Crippen molar-refractivity contribution in [2.45, 2.75) is 32.5 Å². The summed E-state index contributed by atoms with van der Waals surface area (Å²) in [5.74, 6) is 1.71. The molecule has 0 radical (unpaired) electrons. The van der Waals surface area contributed by atoms with E-state index in [0.717, 1.165) is 27.8 Å². The summed E-state index contributed by atoms with van der Waals surface area (Å²) in [6.07, 6.45) is -0.251. The second-order valence-corrected chi connectivity index (χ2v) is 12.7. The Bertz CT molecular complexity index is 1890. The van der Waals surface area contributed by atoms with E-state index in [2.05, 4.69) is 34.6 Å². The monoisotopic (exact) mass is 658 g/mol. The Morgan fingerprint density at radius 1 is 0.939 bits per heavy atom. The van der Waals surface area contributed by atoms with Gasteiger partial charge < -0.3 is 30.1 Å². The number of rotatable bonds is 10. The predicted octanol–water partition coefficient (Wildman–Crippen LogP) is 7.63. The van der Waals surface area contributed by atoms with Gasteiger partial charge in [0.05, 0.1) is 23.9 Å². The SMILES string of the molecule is C[C@H]1CN([C@@H](C)CO)C(=O)c2cc(NC(=O)Nc3cccc4ccccc34)ccc2O[C@@H]1CN(C)Cc1ccc(Oc2ccccc2)cc1. The van der Waals surface area contributed by atoms with Crippen molar-refractivity contribution in [2.75, 3.05) is 37.4 Å². The number of nitrogens with zero attached hydrogens (tertiary/aromatic N) is 2. The number of fused-ring (bicyclic) bond motifs is 2. The van der Waals surface area contributed by atoms with Crippen molar-refractivity contribution in [1.82, 2.24) is 9.80 Å². The van der Waals surface area contributed by atoms with Crippen LogP contribution in [0.2, 0.25) is 0 Å². The van der Waals surface area contributed by atoms with E-state index >= 15 is 0 Å². The van der Waals surface area contributed by atoms with Crippen molar-refractivity contribution in [3.05, 3.63) is 126 Å². The molecule has 6 rings (SSSR count). The van der Waals surface area contributed by atoms with Gasteiger partial charge in [0.25, 0.3) is 5.91 Å². The van der Waals surface area contributed by atoms with Crippen LogP contribution in [0.25, 0.3) is 10.8 Å². The van der Waals surface area contributed by atoms with Crippen LogP contribution < -0.4 is 20.1 Å². The Labute approximate surface area is 287 Å². The highest BCUT2D eigenvalue weighted by atomic mass is 16.5. The van der Waals surface area contributed by atoms with Crippen molar-refractivity contribution in [3.8, 4) is 17.2 Å². The quantitative estimate of drug-likeness (QED) is 0.143. The van der Waals surface area contributed by atoms with Gasteiger partial charge >= 0.3 is 6.03 Å². The summed E-state index contributed by atoms with van der Waals surface area (Å²) in [4.78, 5) is 30.9. The molecule has 0 aromatic heterocycles. The van der Waals surface area contributed by atoms with E-state index < -0.39 is 12.1 Å². The first-order valence-corrected chi connectivity index (χ1v) is 16.6. The van der Waals surface area contributed by atoms with Crippen molar-refractivity contribution < 1.29 is 24.2 Å². The minimum absolute atomic E-state index is 0.0283. The number of amides is 3. The zero-order valence-electron chi connectivity index (χ0n) is 28.0. The number of hydrogen-bond acceptors (Lipinski definition) is 6. The summed E-state index contributed by atoms with van der Waals surface area (Å²) in [7, 11) is 2.05. The molecule has 0 fully saturated rings. The molecule has 3 amide bonds. The van der Waals surface area contributed by atoms with Gasteiger partial charge in [0, 0.05) is 36.6 Å². The average molecular weight is 659 g/mol. The topological polar surface area (TPSA) is 103 Å². The van der Waals surface area contributed by atoms with Crippen molar-refractivity contribution >= 4 is 34.1 Å². The summed E-state index contributed by atoms with van der Waals surface area (Å²) in [5.41, 5.74) is 2.59. The van der Waals surface area contributed by atoms with Crippen LogP contribution in [0.4, 0.5) is 16.2 Å². The highest BCUT2D eigenvalue weighted by molar-refractivity contribution is 6.07. The normalized spacial score (nSPS) is 16.7. The lowest BCUT2D eigenvalue weighted by atomic mass is 9.99. The molecule has 252 valence electrons. The summed E-state index contributed by atoms with van der Waals surface area (Å²) in [6, 6.07) is 35.6. The Hall–Kier alpha value is -5.38. The first-order valence-electron chi connectivity index (χ1n) is 16.6. The predicted molar refractivity (Wildman–Crippen MR) is 193 cm³/mol. The van der Waals surface area contributed by atoms with Crippen molar-refractivity contribution in [2.24, 2.45) is 5.92 Å². The van der Waals surface area contributed by atoms with Crippen LogP contribution in [0.3, 0.4) is 0 Å². The number of carbonyl (C=O) groups excluding carboxylic acids is 2. The Morgan fingerprint density at radius 2 is 1.65 bits per heavy atom. The molecule has 3 N–H and O–H groups in total. The molecule has 1 heterocycles. The van der Waals surface area contributed by atoms with E-state index in [0.29, 0.717) is 42.3 Å². The van der Waals surface area contributed by atoms with Gasteiger partial charge in [-0.3, -0.25) is 9.69 Å². The molecule has 0 unspecified atom stereocenters. The molecule has 49 heavy (non-hydrogen) atoms. The van der Waals surface area contributed by atoms with E-state index in [1.54, 1.807) is 23.1 Å². The van der Waals surface area contributed by atoms with Crippen LogP contribution in [0.1, 0.15) is 29.8 Å². The van der Waals surface area contributed by atoms with Crippen LogP contribution in [-0.4, -0.2) is 65.7 Å². The van der Waals surface area contributed by atoms with Crippen LogP contribution in [-0.2, 0) is 6.54 Å². The van der Waals surface area contributed by atoms with Gasteiger partial charge in [0.1, 0.15) is 23.4 Å². The number of nitrogens with one attached hydrogen (secondary N) is 2. The number of benzene rings is 5. The molecule has 0 saturated heterocycles. The number of para-hydroxylation sites is 1. The van der Waals surface area contributed by atoms with E-state index in [9.17, 15) is 14.7 Å². The number of hydrogen-bond donors (Lipinski definition) is 3. The van der Waals surface area contributed by atoms with Crippen molar-refractivity contribution in [3.63, 3.8) is 0 Å².